The van der Waals surface area contributed by atoms with E-state index in [0.29, 0.717) is 17.8 Å². The smallest absolute Gasteiger partial charge is 0.309 e. The number of aromatic nitrogens is 3. The summed E-state index contributed by atoms with van der Waals surface area (Å²) in [5.74, 6) is 0.311. The van der Waals surface area contributed by atoms with E-state index < -0.39 is 11.7 Å². The topological polar surface area (TPSA) is 39.3 Å². The summed E-state index contributed by atoms with van der Waals surface area (Å²) >= 11 is 5.88. The van der Waals surface area contributed by atoms with Crippen molar-refractivity contribution in [1.29, 1.82) is 0 Å². The van der Waals surface area contributed by atoms with Crippen LogP contribution in [0.15, 0.2) is 35.3 Å². The van der Waals surface area contributed by atoms with E-state index in [2.05, 4.69) is 4.98 Å². The van der Waals surface area contributed by atoms with Gasteiger partial charge in [0.25, 0.3) is 5.56 Å². The lowest BCUT2D eigenvalue weighted by Crippen LogP contribution is -2.15. The molecular formula is C17H15ClF3N3O. The third kappa shape index (κ3) is 3.16. The van der Waals surface area contributed by atoms with Crippen molar-refractivity contribution in [2.45, 2.75) is 33.0 Å². The number of imidazole rings is 1. The van der Waals surface area contributed by atoms with Gasteiger partial charge in [-0.05, 0) is 30.5 Å². The number of alkyl halides is 3. The molecule has 0 aliphatic heterocycles. The Bertz CT molecular complexity index is 1000. The second kappa shape index (κ2) is 6.22. The summed E-state index contributed by atoms with van der Waals surface area (Å²) in [4.78, 5) is 16.2. The molecule has 0 radical (unpaired) electrons. The van der Waals surface area contributed by atoms with Crippen LogP contribution in [-0.4, -0.2) is 14.0 Å². The first kappa shape index (κ1) is 17.5. The molecule has 2 aromatic heterocycles. The lowest BCUT2D eigenvalue weighted by molar-refractivity contribution is -0.138. The molecule has 0 aliphatic carbocycles. The number of hydrogen-bond donors (Lipinski definition) is 0. The largest absolute Gasteiger partial charge is 0.416 e. The first-order valence-corrected chi connectivity index (χ1v) is 8.03. The molecule has 0 fully saturated rings. The van der Waals surface area contributed by atoms with E-state index in [4.69, 9.17) is 11.6 Å². The first-order chi connectivity index (χ1) is 11.7. The molecule has 2 heterocycles. The zero-order chi connectivity index (χ0) is 18.4. The molecule has 132 valence electrons. The van der Waals surface area contributed by atoms with Gasteiger partial charge in [-0.1, -0.05) is 30.7 Å². The number of aryl methyl sites for hydroxylation is 1. The van der Waals surface area contributed by atoms with Crippen molar-refractivity contribution in [3.05, 3.63) is 68.4 Å². The van der Waals surface area contributed by atoms with Gasteiger partial charge in [0, 0.05) is 18.0 Å². The summed E-state index contributed by atoms with van der Waals surface area (Å²) in [7, 11) is 0. The molecule has 0 aliphatic rings. The summed E-state index contributed by atoms with van der Waals surface area (Å²) in [5.41, 5.74) is 0.459. The third-order valence-corrected chi connectivity index (χ3v) is 4.40. The fourth-order valence-electron chi connectivity index (χ4n) is 2.90. The normalized spacial score (nSPS) is 12.1. The molecular weight excluding hydrogens is 355 g/mol. The van der Waals surface area contributed by atoms with Crippen molar-refractivity contribution in [3.8, 4) is 0 Å². The Morgan fingerprint density at radius 1 is 1.28 bits per heavy atom. The average molecular weight is 370 g/mol. The highest BCUT2D eigenvalue weighted by Crippen LogP contribution is 2.33. The molecule has 3 rings (SSSR count). The highest BCUT2D eigenvalue weighted by atomic mass is 35.5. The zero-order valence-electron chi connectivity index (χ0n) is 13.6. The van der Waals surface area contributed by atoms with Crippen LogP contribution in [0.25, 0.3) is 5.78 Å². The van der Waals surface area contributed by atoms with Crippen LogP contribution in [0.1, 0.15) is 29.3 Å². The molecule has 25 heavy (non-hydrogen) atoms. The minimum atomic E-state index is -4.41. The number of hydrogen-bond acceptors (Lipinski definition) is 2. The zero-order valence-corrected chi connectivity index (χ0v) is 14.3. The molecule has 0 amide bonds. The molecule has 0 atom stereocenters. The predicted octanol–water partition coefficient (Wildman–Crippen LogP) is 4.09. The summed E-state index contributed by atoms with van der Waals surface area (Å²) in [6.07, 6.45) is -2.17. The molecule has 0 saturated carbocycles. The minimum Gasteiger partial charge on any atom is -0.309 e. The number of rotatable bonds is 3. The van der Waals surface area contributed by atoms with E-state index >= 15 is 0 Å². The first-order valence-electron chi connectivity index (χ1n) is 7.65. The van der Waals surface area contributed by atoms with E-state index in [1.165, 1.54) is 23.5 Å². The van der Waals surface area contributed by atoms with E-state index in [0.717, 1.165) is 11.8 Å². The van der Waals surface area contributed by atoms with Crippen LogP contribution in [0.2, 0.25) is 5.15 Å². The van der Waals surface area contributed by atoms with Crippen LogP contribution in [0.4, 0.5) is 13.2 Å². The number of fused-ring (bicyclic) bond motifs is 1. The summed E-state index contributed by atoms with van der Waals surface area (Å²) in [6, 6.07) is 5.29. The van der Waals surface area contributed by atoms with E-state index in [-0.39, 0.29) is 22.8 Å². The van der Waals surface area contributed by atoms with Gasteiger partial charge in [-0.15, -0.1) is 0 Å². The Morgan fingerprint density at radius 2 is 2.00 bits per heavy atom. The summed E-state index contributed by atoms with van der Waals surface area (Å²) in [5, 5.41) is 0.0489. The standard InChI is InChI=1S/C17H15ClF3N3O/c1-3-12-9-24-15(25)7-14(18)22-16(24)23(12)8-11-5-4-6-13(10(11)2)17(19,20)21/h4-7,9H,3,8H2,1-2H3. The molecule has 8 heteroatoms. The molecule has 0 spiro atoms. The quantitative estimate of drug-likeness (QED) is 0.652. The maximum atomic E-state index is 13.1. The van der Waals surface area contributed by atoms with E-state index in [9.17, 15) is 18.0 Å². The number of benzene rings is 1. The monoisotopic (exact) mass is 369 g/mol. The van der Waals surface area contributed by atoms with Crippen LogP contribution in [0.5, 0.6) is 0 Å². The minimum absolute atomic E-state index is 0.0489. The lowest BCUT2D eigenvalue weighted by Gasteiger charge is -2.15. The van der Waals surface area contributed by atoms with Gasteiger partial charge >= 0.3 is 6.18 Å². The van der Waals surface area contributed by atoms with Gasteiger partial charge in [0.15, 0.2) is 0 Å². The van der Waals surface area contributed by atoms with Crippen LogP contribution in [-0.2, 0) is 19.1 Å². The fourth-order valence-corrected chi connectivity index (χ4v) is 3.07. The van der Waals surface area contributed by atoms with Crippen LogP contribution in [0, 0.1) is 6.92 Å². The second-order valence-corrected chi connectivity index (χ2v) is 6.12. The molecule has 0 N–H and O–H groups in total. The van der Waals surface area contributed by atoms with Gasteiger partial charge in [0.2, 0.25) is 5.78 Å². The Morgan fingerprint density at radius 3 is 2.64 bits per heavy atom. The van der Waals surface area contributed by atoms with Gasteiger partial charge in [0.1, 0.15) is 5.15 Å². The molecule has 0 bridgehead atoms. The van der Waals surface area contributed by atoms with Gasteiger partial charge in [-0.25, -0.2) is 4.98 Å². The van der Waals surface area contributed by atoms with Gasteiger partial charge < -0.3 is 4.57 Å². The maximum Gasteiger partial charge on any atom is 0.416 e. The second-order valence-electron chi connectivity index (χ2n) is 5.73. The Balaban J connectivity index is 2.18. The van der Waals surface area contributed by atoms with Crippen molar-refractivity contribution in [2.24, 2.45) is 0 Å². The van der Waals surface area contributed by atoms with Crippen molar-refractivity contribution in [2.75, 3.05) is 0 Å². The highest BCUT2D eigenvalue weighted by molar-refractivity contribution is 6.29. The van der Waals surface area contributed by atoms with Crippen molar-refractivity contribution in [1.82, 2.24) is 14.0 Å². The predicted molar refractivity (Wildman–Crippen MR) is 89.1 cm³/mol. The van der Waals surface area contributed by atoms with Gasteiger partial charge in [0.05, 0.1) is 12.1 Å². The molecule has 0 saturated heterocycles. The van der Waals surface area contributed by atoms with Crippen LogP contribution >= 0.6 is 11.6 Å². The molecule has 0 unspecified atom stereocenters. The van der Waals surface area contributed by atoms with E-state index in [1.807, 2.05) is 6.92 Å². The Kier molecular flexibility index (Phi) is 4.36. The SMILES string of the molecule is CCc1cn2c(=O)cc(Cl)nc2n1Cc1cccc(C(F)(F)F)c1C. The van der Waals surface area contributed by atoms with Crippen LogP contribution < -0.4 is 5.56 Å². The molecule has 1 aromatic carbocycles. The van der Waals surface area contributed by atoms with Crippen molar-refractivity contribution >= 4 is 17.4 Å². The Hall–Kier alpha value is -2.28. The number of halogens is 4. The molecule has 3 aromatic rings. The number of nitrogens with zero attached hydrogens (tertiary/aromatic N) is 3. The van der Waals surface area contributed by atoms with Crippen molar-refractivity contribution in [3.63, 3.8) is 0 Å². The third-order valence-electron chi connectivity index (χ3n) is 4.21. The highest BCUT2D eigenvalue weighted by Gasteiger charge is 2.32. The van der Waals surface area contributed by atoms with E-state index in [1.54, 1.807) is 16.8 Å². The maximum absolute atomic E-state index is 13.1. The van der Waals surface area contributed by atoms with Crippen LogP contribution in [0.3, 0.4) is 0 Å². The van der Waals surface area contributed by atoms with Crippen molar-refractivity contribution < 1.29 is 13.2 Å². The Labute approximate surface area is 146 Å². The average Bonchev–Trinajstić information content (AvgIpc) is 2.86. The summed E-state index contributed by atoms with van der Waals surface area (Å²) in [6.45, 7) is 3.51. The molecule has 4 nitrogen and oxygen atoms in total. The lowest BCUT2D eigenvalue weighted by atomic mass is 10.0. The fraction of sp³-hybridized carbons (Fsp3) is 0.294. The van der Waals surface area contributed by atoms with Gasteiger partial charge in [-0.3, -0.25) is 9.20 Å². The van der Waals surface area contributed by atoms with Gasteiger partial charge in [-0.2, -0.15) is 13.2 Å². The summed E-state index contributed by atoms with van der Waals surface area (Å²) < 4.78 is 42.5.